The van der Waals surface area contributed by atoms with Crippen molar-refractivity contribution in [2.75, 3.05) is 11.8 Å². The number of benzene rings is 2. The monoisotopic (exact) mass is 472 g/mol. The molecule has 32 heavy (non-hydrogen) atoms. The van der Waals surface area contributed by atoms with Crippen LogP contribution in [0.25, 0.3) is 0 Å². The fourth-order valence-electron chi connectivity index (χ4n) is 2.65. The average Bonchev–Trinajstić information content (AvgIpc) is 3.22. The highest BCUT2D eigenvalue weighted by atomic mass is 32.2. The van der Waals surface area contributed by atoms with Gasteiger partial charge >= 0.3 is 11.9 Å². The molecule has 0 aliphatic rings. The highest BCUT2D eigenvalue weighted by Gasteiger charge is 2.20. The number of aromatic nitrogens is 1. The summed E-state index contributed by atoms with van der Waals surface area (Å²) in [7, 11) is -2.78. The average molecular weight is 473 g/mol. The summed E-state index contributed by atoms with van der Waals surface area (Å²) in [5.74, 6) is 3.44. The molecule has 1 aromatic heterocycles. The molecule has 0 bridgehead atoms. The van der Waals surface area contributed by atoms with E-state index >= 15 is 0 Å². The number of aryl methyl sites for hydroxylation is 1. The molecule has 0 radical (unpaired) electrons. The zero-order valence-electron chi connectivity index (χ0n) is 16.7. The lowest BCUT2D eigenvalue weighted by atomic mass is 10.1. The van der Waals surface area contributed by atoms with Gasteiger partial charge in [-0.15, -0.1) is 11.3 Å². The van der Waals surface area contributed by atoms with Crippen molar-refractivity contribution in [2.24, 2.45) is 0 Å². The molecular weight excluding hydrogens is 456 g/mol. The largest absolute Gasteiger partial charge is 0.495 e. The Morgan fingerprint density at radius 1 is 1.09 bits per heavy atom. The van der Waals surface area contributed by atoms with Crippen LogP contribution >= 0.6 is 11.3 Å². The van der Waals surface area contributed by atoms with Crippen LogP contribution in [0.3, 0.4) is 0 Å². The first-order chi connectivity index (χ1) is 15.1. The summed E-state index contributed by atoms with van der Waals surface area (Å²) in [5, 5.41) is 19.4. The zero-order valence-corrected chi connectivity index (χ0v) is 18.4. The first-order valence-corrected chi connectivity index (χ1v) is 11.2. The van der Waals surface area contributed by atoms with E-state index in [9.17, 15) is 18.0 Å². The zero-order chi connectivity index (χ0) is 23.5. The molecule has 0 atom stereocenters. The number of sulfonamides is 1. The predicted molar refractivity (Wildman–Crippen MR) is 117 cm³/mol. The predicted octanol–water partition coefficient (Wildman–Crippen LogP) is 3.06. The standard InChI is InChI=1S/C21H16N2O7S2/c1-12-9-13(3-6-15(12)21(26)27)4-8-18-22-19(11-31-18)32(28,29)23-16-7-5-14(20(24)25)10-17(16)30-2/h3,5-7,9-11,23H,1-2H3,(H,24,25)(H,26,27). The Kier molecular flexibility index (Phi) is 6.47. The third kappa shape index (κ3) is 5.05. The van der Waals surface area contributed by atoms with Gasteiger partial charge in [0.2, 0.25) is 0 Å². The first-order valence-electron chi connectivity index (χ1n) is 8.86. The van der Waals surface area contributed by atoms with Gasteiger partial charge in [-0.1, -0.05) is 5.92 Å². The lowest BCUT2D eigenvalue weighted by Crippen LogP contribution is -2.14. The van der Waals surface area contributed by atoms with Crippen LogP contribution in [0.15, 0.2) is 46.8 Å². The Balaban J connectivity index is 1.83. The van der Waals surface area contributed by atoms with E-state index in [1.54, 1.807) is 19.1 Å². The minimum Gasteiger partial charge on any atom is -0.495 e. The maximum Gasteiger partial charge on any atom is 0.335 e. The molecule has 0 aliphatic carbocycles. The third-order valence-electron chi connectivity index (χ3n) is 4.22. The maximum atomic E-state index is 12.7. The molecule has 0 saturated heterocycles. The van der Waals surface area contributed by atoms with Gasteiger partial charge in [-0.05, 0) is 54.8 Å². The molecule has 3 N–H and O–H groups in total. The first kappa shape index (κ1) is 22.8. The van der Waals surface area contributed by atoms with Crippen LogP contribution in [0.5, 0.6) is 5.75 Å². The van der Waals surface area contributed by atoms with Crippen LogP contribution < -0.4 is 9.46 Å². The number of nitrogens with one attached hydrogen (secondary N) is 1. The summed E-state index contributed by atoms with van der Waals surface area (Å²) in [6.07, 6.45) is 0. The van der Waals surface area contributed by atoms with Crippen molar-refractivity contribution in [1.82, 2.24) is 4.98 Å². The van der Waals surface area contributed by atoms with Crippen molar-refractivity contribution < 1.29 is 33.0 Å². The molecular formula is C21H16N2O7S2. The normalized spacial score (nSPS) is 10.7. The number of thiazole rings is 1. The minimum absolute atomic E-state index is 0.0453. The van der Waals surface area contributed by atoms with Crippen molar-refractivity contribution in [3.05, 3.63) is 69.0 Å². The second-order valence-corrected chi connectivity index (χ2v) is 8.89. The van der Waals surface area contributed by atoms with Gasteiger partial charge in [-0.25, -0.2) is 14.6 Å². The fourth-order valence-corrected chi connectivity index (χ4v) is 4.66. The van der Waals surface area contributed by atoms with E-state index in [0.29, 0.717) is 11.1 Å². The van der Waals surface area contributed by atoms with Gasteiger partial charge < -0.3 is 14.9 Å². The molecule has 0 aliphatic heterocycles. The Bertz CT molecular complexity index is 1380. The summed E-state index contributed by atoms with van der Waals surface area (Å²) in [4.78, 5) is 26.2. The summed E-state index contributed by atoms with van der Waals surface area (Å²) in [6, 6.07) is 8.37. The van der Waals surface area contributed by atoms with E-state index in [1.807, 2.05) is 0 Å². The van der Waals surface area contributed by atoms with Gasteiger partial charge in [-0.2, -0.15) is 8.42 Å². The Hall–Kier alpha value is -3.88. The molecule has 3 rings (SSSR count). The summed E-state index contributed by atoms with van der Waals surface area (Å²) < 4.78 is 32.8. The lowest BCUT2D eigenvalue weighted by Gasteiger charge is -2.11. The molecule has 164 valence electrons. The minimum atomic E-state index is -4.07. The van der Waals surface area contributed by atoms with E-state index < -0.39 is 22.0 Å². The van der Waals surface area contributed by atoms with Crippen molar-refractivity contribution >= 4 is 39.0 Å². The molecule has 0 spiro atoms. The lowest BCUT2D eigenvalue weighted by molar-refractivity contribution is 0.0685. The Labute approximate surface area is 187 Å². The van der Waals surface area contributed by atoms with Gasteiger partial charge in [-0.3, -0.25) is 4.72 Å². The van der Waals surface area contributed by atoms with E-state index in [-0.39, 0.29) is 32.6 Å². The Morgan fingerprint density at radius 2 is 1.84 bits per heavy atom. The molecule has 0 saturated carbocycles. The van der Waals surface area contributed by atoms with Crippen LogP contribution in [-0.4, -0.2) is 42.7 Å². The van der Waals surface area contributed by atoms with Gasteiger partial charge in [0.15, 0.2) is 10.0 Å². The van der Waals surface area contributed by atoms with Crippen LogP contribution in [0.4, 0.5) is 5.69 Å². The number of carboxylic acid groups (broad SMARTS) is 2. The highest BCUT2D eigenvalue weighted by molar-refractivity contribution is 7.92. The van der Waals surface area contributed by atoms with Crippen LogP contribution in [0.1, 0.15) is 36.9 Å². The summed E-state index contributed by atoms with van der Waals surface area (Å²) in [6.45, 7) is 1.66. The van der Waals surface area contributed by atoms with Gasteiger partial charge in [0, 0.05) is 10.9 Å². The molecule has 0 amide bonds. The fraction of sp³-hybridized carbons (Fsp3) is 0.0952. The Morgan fingerprint density at radius 3 is 2.47 bits per heavy atom. The molecule has 11 heteroatoms. The second kappa shape index (κ2) is 9.09. The number of rotatable bonds is 6. The topological polar surface area (TPSA) is 143 Å². The van der Waals surface area contributed by atoms with Crippen molar-refractivity contribution in [3.63, 3.8) is 0 Å². The van der Waals surface area contributed by atoms with Gasteiger partial charge in [0.25, 0.3) is 10.0 Å². The number of hydrogen-bond donors (Lipinski definition) is 3. The summed E-state index contributed by atoms with van der Waals surface area (Å²) in [5.41, 5.74) is 1.30. The number of carbonyl (C=O) groups is 2. The smallest absolute Gasteiger partial charge is 0.335 e. The van der Waals surface area contributed by atoms with Crippen LogP contribution in [0.2, 0.25) is 0 Å². The number of aromatic carboxylic acids is 2. The van der Waals surface area contributed by atoms with Crippen LogP contribution in [-0.2, 0) is 10.0 Å². The van der Waals surface area contributed by atoms with Crippen LogP contribution in [0, 0.1) is 18.8 Å². The number of anilines is 1. The number of nitrogens with zero attached hydrogens (tertiary/aromatic N) is 1. The number of hydrogen-bond acceptors (Lipinski definition) is 7. The SMILES string of the molecule is COc1cc(C(=O)O)ccc1NS(=O)(=O)c1csc(C#Cc2ccc(C(=O)O)c(C)c2)n1. The van der Waals surface area contributed by atoms with Crippen molar-refractivity contribution in [2.45, 2.75) is 11.9 Å². The van der Waals surface area contributed by atoms with Gasteiger partial charge in [0.1, 0.15) is 5.75 Å². The number of ether oxygens (including phenoxy) is 1. The molecule has 2 aromatic carbocycles. The van der Waals surface area contributed by atoms with Gasteiger partial charge in [0.05, 0.1) is 23.9 Å². The highest BCUT2D eigenvalue weighted by Crippen LogP contribution is 2.28. The van der Waals surface area contributed by atoms with E-state index in [1.165, 1.54) is 36.8 Å². The quantitative estimate of drug-likeness (QED) is 0.465. The van der Waals surface area contributed by atoms with Crippen molar-refractivity contribution in [1.29, 1.82) is 0 Å². The van der Waals surface area contributed by atoms with Crippen molar-refractivity contribution in [3.8, 4) is 17.6 Å². The molecule has 1 heterocycles. The summed E-state index contributed by atoms with van der Waals surface area (Å²) >= 11 is 1.03. The molecule has 0 unspecified atom stereocenters. The molecule has 9 nitrogen and oxygen atoms in total. The third-order valence-corrected chi connectivity index (χ3v) is 6.38. The second-order valence-electron chi connectivity index (χ2n) is 6.40. The van der Waals surface area contributed by atoms with E-state index in [2.05, 4.69) is 21.5 Å². The molecule has 3 aromatic rings. The van der Waals surface area contributed by atoms with E-state index in [0.717, 1.165) is 11.3 Å². The maximum absolute atomic E-state index is 12.7. The number of carboxylic acids is 2. The molecule has 0 fully saturated rings. The van der Waals surface area contributed by atoms with E-state index in [4.69, 9.17) is 14.9 Å². The number of methoxy groups -OCH3 is 1.